The molecule has 6 heteroatoms. The summed E-state index contributed by atoms with van der Waals surface area (Å²) in [7, 11) is 0. The number of nitrogens with two attached hydrogens (primary N) is 1. The lowest BCUT2D eigenvalue weighted by Crippen LogP contribution is -2.37. The smallest absolute Gasteiger partial charge is 0.230 e. The van der Waals surface area contributed by atoms with Crippen molar-refractivity contribution in [3.8, 4) is 0 Å². The molecular formula is C12H29N5O. The molecule has 0 aromatic carbocycles. The molecule has 0 aliphatic carbocycles. The topological polar surface area (TPSA) is 91.2 Å². The van der Waals surface area contributed by atoms with Crippen LogP contribution in [0.25, 0.3) is 0 Å². The van der Waals surface area contributed by atoms with Gasteiger partial charge in [-0.25, -0.2) is 5.43 Å². The largest absolute Gasteiger partial charge is 0.330 e. The average molecular weight is 259 g/mol. The van der Waals surface area contributed by atoms with E-state index in [2.05, 4.69) is 21.5 Å². The van der Waals surface area contributed by atoms with Crippen LogP contribution in [0.4, 0.5) is 0 Å². The minimum atomic E-state index is -0.0508. The molecule has 108 valence electrons. The number of nitrogens with one attached hydrogen (secondary N) is 4. The molecule has 0 radical (unpaired) electrons. The van der Waals surface area contributed by atoms with Crippen molar-refractivity contribution in [2.75, 3.05) is 39.3 Å². The fourth-order valence-corrected chi connectivity index (χ4v) is 1.47. The Morgan fingerprint density at radius 1 is 0.889 bits per heavy atom. The van der Waals surface area contributed by atoms with Gasteiger partial charge in [0.25, 0.3) is 0 Å². The van der Waals surface area contributed by atoms with Crippen LogP contribution in [0, 0.1) is 0 Å². The Kier molecular flexibility index (Phi) is 13.8. The Hall–Kier alpha value is -0.690. The van der Waals surface area contributed by atoms with Gasteiger partial charge in [0.1, 0.15) is 0 Å². The van der Waals surface area contributed by atoms with Crippen LogP contribution in [0.15, 0.2) is 0 Å². The first-order valence-electron chi connectivity index (χ1n) is 6.88. The molecule has 0 spiro atoms. The number of carbonyl (C=O) groups excluding carboxylic acids is 1. The van der Waals surface area contributed by atoms with Crippen LogP contribution < -0.4 is 27.2 Å². The van der Waals surface area contributed by atoms with E-state index < -0.39 is 0 Å². The van der Waals surface area contributed by atoms with E-state index in [4.69, 9.17) is 5.73 Å². The molecule has 0 heterocycles. The van der Waals surface area contributed by atoms with Gasteiger partial charge in [0.15, 0.2) is 0 Å². The van der Waals surface area contributed by atoms with Crippen molar-refractivity contribution < 1.29 is 4.79 Å². The van der Waals surface area contributed by atoms with Gasteiger partial charge >= 0.3 is 0 Å². The molecule has 0 unspecified atom stereocenters. The van der Waals surface area contributed by atoms with Crippen LogP contribution in [0.2, 0.25) is 0 Å². The van der Waals surface area contributed by atoms with Crippen molar-refractivity contribution in [1.82, 2.24) is 21.5 Å². The number of unbranched alkanes of at least 4 members (excludes halogenated alkanes) is 1. The minimum Gasteiger partial charge on any atom is -0.330 e. The number of amides is 1. The predicted octanol–water partition coefficient (Wildman–Crippen LogP) is -0.675. The second-order valence-corrected chi connectivity index (χ2v) is 4.31. The Morgan fingerprint density at radius 3 is 2.00 bits per heavy atom. The van der Waals surface area contributed by atoms with Crippen LogP contribution in [0.1, 0.15) is 32.6 Å². The third-order valence-corrected chi connectivity index (χ3v) is 2.43. The van der Waals surface area contributed by atoms with Crippen LogP contribution in [-0.2, 0) is 4.79 Å². The summed E-state index contributed by atoms with van der Waals surface area (Å²) in [6.45, 7) is 7.19. The van der Waals surface area contributed by atoms with E-state index in [1.165, 1.54) is 19.8 Å². The molecule has 0 aromatic heterocycles. The summed E-state index contributed by atoms with van der Waals surface area (Å²) in [4.78, 5) is 10.5. The van der Waals surface area contributed by atoms with Crippen molar-refractivity contribution in [3.63, 3.8) is 0 Å². The van der Waals surface area contributed by atoms with Gasteiger partial charge in [0.2, 0.25) is 5.91 Å². The number of rotatable bonds is 13. The van der Waals surface area contributed by atoms with E-state index in [0.29, 0.717) is 0 Å². The zero-order chi connectivity index (χ0) is 13.5. The Balaban J connectivity index is 2.92. The maximum atomic E-state index is 10.5. The third-order valence-electron chi connectivity index (χ3n) is 2.43. The molecule has 0 saturated heterocycles. The van der Waals surface area contributed by atoms with Crippen LogP contribution in [0.3, 0.4) is 0 Å². The fourth-order valence-electron chi connectivity index (χ4n) is 1.47. The predicted molar refractivity (Wildman–Crippen MR) is 75.1 cm³/mol. The van der Waals surface area contributed by atoms with Gasteiger partial charge in [-0.1, -0.05) is 0 Å². The molecule has 0 aliphatic heterocycles. The fraction of sp³-hybridized carbons (Fsp3) is 0.917. The average Bonchev–Trinajstić information content (AvgIpc) is 2.34. The highest BCUT2D eigenvalue weighted by Crippen LogP contribution is 1.85. The van der Waals surface area contributed by atoms with Gasteiger partial charge in [-0.15, -0.1) is 0 Å². The molecular weight excluding hydrogens is 230 g/mol. The zero-order valence-electron chi connectivity index (χ0n) is 11.6. The third kappa shape index (κ3) is 15.3. The van der Waals surface area contributed by atoms with Crippen molar-refractivity contribution in [2.24, 2.45) is 5.73 Å². The second kappa shape index (κ2) is 14.4. The van der Waals surface area contributed by atoms with E-state index in [1.807, 2.05) is 0 Å². The lowest BCUT2D eigenvalue weighted by atomic mass is 10.3. The summed E-state index contributed by atoms with van der Waals surface area (Å²) in [6.07, 6.45) is 4.45. The maximum Gasteiger partial charge on any atom is 0.230 e. The Bertz CT molecular complexity index is 189. The minimum absolute atomic E-state index is 0.0508. The molecule has 18 heavy (non-hydrogen) atoms. The highest BCUT2D eigenvalue weighted by Gasteiger charge is 1.91. The summed E-state index contributed by atoms with van der Waals surface area (Å²) in [6, 6.07) is 0. The standard InChI is InChI=1S/C12H29N5O/c1-12(18)17-16-11-5-10-15-8-3-2-7-14-9-4-6-13/h14-16H,2-11,13H2,1H3,(H,17,18). The van der Waals surface area contributed by atoms with Gasteiger partial charge in [0, 0.05) is 13.5 Å². The number of carbonyl (C=O) groups is 1. The molecule has 1 amide bonds. The summed E-state index contributed by atoms with van der Waals surface area (Å²) >= 11 is 0. The second-order valence-electron chi connectivity index (χ2n) is 4.31. The highest BCUT2D eigenvalue weighted by atomic mass is 16.2. The van der Waals surface area contributed by atoms with Gasteiger partial charge < -0.3 is 16.4 Å². The van der Waals surface area contributed by atoms with E-state index >= 15 is 0 Å². The summed E-state index contributed by atoms with van der Waals surface area (Å²) in [5, 5.41) is 6.73. The first kappa shape index (κ1) is 17.3. The van der Waals surface area contributed by atoms with Crippen molar-refractivity contribution in [2.45, 2.75) is 32.6 Å². The van der Waals surface area contributed by atoms with E-state index in [9.17, 15) is 4.79 Å². The summed E-state index contributed by atoms with van der Waals surface area (Å²) in [5.41, 5.74) is 10.8. The Labute approximate surface area is 110 Å². The van der Waals surface area contributed by atoms with Crippen LogP contribution in [-0.4, -0.2) is 45.2 Å². The van der Waals surface area contributed by atoms with E-state index in [0.717, 1.165) is 52.1 Å². The zero-order valence-corrected chi connectivity index (χ0v) is 11.6. The highest BCUT2D eigenvalue weighted by molar-refractivity contribution is 5.72. The van der Waals surface area contributed by atoms with Gasteiger partial charge in [-0.2, -0.15) is 0 Å². The molecule has 0 atom stereocenters. The van der Waals surface area contributed by atoms with E-state index in [-0.39, 0.29) is 5.91 Å². The van der Waals surface area contributed by atoms with Crippen LogP contribution >= 0.6 is 0 Å². The van der Waals surface area contributed by atoms with Gasteiger partial charge in [-0.05, 0) is 58.4 Å². The molecule has 6 nitrogen and oxygen atoms in total. The first-order valence-corrected chi connectivity index (χ1v) is 6.88. The number of hydrogen-bond donors (Lipinski definition) is 5. The molecule has 6 N–H and O–H groups in total. The Morgan fingerprint density at radius 2 is 1.44 bits per heavy atom. The molecule has 0 aromatic rings. The molecule has 0 saturated carbocycles. The molecule has 0 fully saturated rings. The molecule has 0 aliphatic rings. The van der Waals surface area contributed by atoms with Crippen molar-refractivity contribution >= 4 is 5.91 Å². The monoisotopic (exact) mass is 259 g/mol. The lowest BCUT2D eigenvalue weighted by molar-refractivity contribution is -0.119. The number of hydrogen-bond acceptors (Lipinski definition) is 5. The maximum absolute atomic E-state index is 10.5. The van der Waals surface area contributed by atoms with Crippen LogP contribution in [0.5, 0.6) is 0 Å². The van der Waals surface area contributed by atoms with Crippen molar-refractivity contribution in [3.05, 3.63) is 0 Å². The van der Waals surface area contributed by atoms with Gasteiger partial charge in [-0.3, -0.25) is 10.2 Å². The normalized spacial score (nSPS) is 10.6. The summed E-state index contributed by atoms with van der Waals surface area (Å²) in [5.74, 6) is -0.0508. The molecule has 0 rings (SSSR count). The van der Waals surface area contributed by atoms with Crippen molar-refractivity contribution in [1.29, 1.82) is 0 Å². The lowest BCUT2D eigenvalue weighted by Gasteiger charge is -2.07. The molecule has 0 bridgehead atoms. The van der Waals surface area contributed by atoms with E-state index in [1.54, 1.807) is 0 Å². The van der Waals surface area contributed by atoms with Gasteiger partial charge in [0.05, 0.1) is 0 Å². The number of hydrazine groups is 1. The summed E-state index contributed by atoms with van der Waals surface area (Å²) < 4.78 is 0. The first-order chi connectivity index (χ1) is 8.77. The SMILES string of the molecule is CC(=O)NNCCCNCCCCNCCCN. The quantitative estimate of drug-likeness (QED) is 0.223.